The lowest BCUT2D eigenvalue weighted by Crippen LogP contribution is -2.38. The van der Waals surface area contributed by atoms with Crippen molar-refractivity contribution < 1.29 is 14.5 Å². The van der Waals surface area contributed by atoms with E-state index in [4.69, 9.17) is 4.74 Å². The highest BCUT2D eigenvalue weighted by molar-refractivity contribution is 5.71. The molecule has 0 saturated heterocycles. The van der Waals surface area contributed by atoms with Crippen molar-refractivity contribution in [3.8, 4) is 0 Å². The molecule has 1 N–H and O–H groups in total. The molecule has 0 fully saturated rings. The molecule has 0 spiro atoms. The van der Waals surface area contributed by atoms with Gasteiger partial charge in [0, 0.05) is 51.9 Å². The Bertz CT molecular complexity index is 1090. The van der Waals surface area contributed by atoms with Gasteiger partial charge in [0.15, 0.2) is 0 Å². The van der Waals surface area contributed by atoms with Crippen LogP contribution < -0.4 is 16.6 Å². The molecule has 0 unspecified atom stereocenters. The Balaban J connectivity index is 1.94. The molecule has 0 aliphatic carbocycles. The van der Waals surface area contributed by atoms with Crippen molar-refractivity contribution in [1.29, 1.82) is 0 Å². The molecule has 0 atom stereocenters. The normalized spacial score (nSPS) is 11.1. The minimum atomic E-state index is -0.421. The van der Waals surface area contributed by atoms with Crippen LogP contribution in [0.2, 0.25) is 0 Å². The molecule has 11 heteroatoms. The predicted molar refractivity (Wildman–Crippen MR) is 129 cm³/mol. The molecule has 0 bridgehead atoms. The van der Waals surface area contributed by atoms with E-state index in [1.165, 1.54) is 29.8 Å². The first kappa shape index (κ1) is 26.8. The predicted octanol–water partition coefficient (Wildman–Crippen LogP) is 1.54. The largest absolute Gasteiger partial charge is 0.464 e. The Morgan fingerprint density at radius 1 is 1.12 bits per heavy atom. The Hall–Kier alpha value is -3.47. The van der Waals surface area contributed by atoms with Crippen LogP contribution in [0.25, 0.3) is 0 Å². The summed E-state index contributed by atoms with van der Waals surface area (Å²) in [4.78, 5) is 48.3. The maximum atomic E-state index is 12.1. The Labute approximate surface area is 198 Å². The molecular formula is C23H33N5O6. The van der Waals surface area contributed by atoms with Crippen LogP contribution >= 0.6 is 0 Å². The number of nitrogens with zero attached hydrogens (tertiary/aromatic N) is 4. The average molecular weight is 476 g/mol. The van der Waals surface area contributed by atoms with Gasteiger partial charge >= 0.3 is 11.7 Å². The number of rotatable bonds is 13. The van der Waals surface area contributed by atoms with Gasteiger partial charge in [0.25, 0.3) is 11.2 Å². The van der Waals surface area contributed by atoms with E-state index in [2.05, 4.69) is 10.2 Å². The number of esters is 1. The lowest BCUT2D eigenvalue weighted by atomic mass is 10.1. The zero-order valence-corrected chi connectivity index (χ0v) is 20.2. The van der Waals surface area contributed by atoms with E-state index in [-0.39, 0.29) is 29.7 Å². The van der Waals surface area contributed by atoms with Crippen molar-refractivity contribution >= 4 is 17.5 Å². The monoisotopic (exact) mass is 475 g/mol. The summed E-state index contributed by atoms with van der Waals surface area (Å²) >= 11 is 0. The first-order valence-corrected chi connectivity index (χ1v) is 11.2. The van der Waals surface area contributed by atoms with Gasteiger partial charge in [-0.1, -0.05) is 26.0 Å². The number of carbonyl (C=O) groups excluding carboxylic acids is 1. The highest BCUT2D eigenvalue weighted by Crippen LogP contribution is 2.13. The summed E-state index contributed by atoms with van der Waals surface area (Å²) in [7, 11) is 3.02. The number of hydrogen-bond donors (Lipinski definition) is 1. The van der Waals surface area contributed by atoms with E-state index in [0.29, 0.717) is 32.0 Å². The fourth-order valence-corrected chi connectivity index (χ4v) is 3.31. The number of hydrogen-bond acceptors (Lipinski definition) is 8. The van der Waals surface area contributed by atoms with Gasteiger partial charge in [-0.05, 0) is 24.9 Å². The summed E-state index contributed by atoms with van der Waals surface area (Å²) in [6.45, 7) is 6.16. The number of nitrogens with one attached hydrogen (secondary N) is 1. The minimum Gasteiger partial charge on any atom is -0.464 e. The van der Waals surface area contributed by atoms with Crippen LogP contribution in [-0.2, 0) is 30.0 Å². The van der Waals surface area contributed by atoms with Crippen molar-refractivity contribution in [3.05, 3.63) is 66.8 Å². The molecule has 186 valence electrons. The van der Waals surface area contributed by atoms with Gasteiger partial charge in [-0.15, -0.1) is 0 Å². The number of aromatic nitrogens is 2. The number of non-ortho nitro benzene ring substituents is 1. The van der Waals surface area contributed by atoms with Crippen LogP contribution in [0.15, 0.2) is 39.9 Å². The van der Waals surface area contributed by atoms with E-state index in [1.807, 2.05) is 0 Å². The summed E-state index contributed by atoms with van der Waals surface area (Å²) in [5.74, 6) is -0.0107. The first-order valence-electron chi connectivity index (χ1n) is 11.2. The SMILES string of the molecule is CC(C)C(=O)OCCN(CCCc1ccc([N+](=O)[O-])cc1)CCNc1cc(=O)n(C)c(=O)n1C. The molecule has 11 nitrogen and oxygen atoms in total. The second kappa shape index (κ2) is 12.7. The van der Waals surface area contributed by atoms with Gasteiger partial charge in [-0.25, -0.2) is 4.79 Å². The molecular weight excluding hydrogens is 442 g/mol. The molecule has 0 radical (unpaired) electrons. The van der Waals surface area contributed by atoms with Crippen LogP contribution in [-0.4, -0.2) is 57.7 Å². The van der Waals surface area contributed by atoms with Gasteiger partial charge in [0.2, 0.25) is 0 Å². The number of aryl methyl sites for hydroxylation is 1. The second-order valence-corrected chi connectivity index (χ2v) is 8.39. The average Bonchev–Trinajstić information content (AvgIpc) is 2.80. The van der Waals surface area contributed by atoms with E-state index in [0.717, 1.165) is 23.0 Å². The van der Waals surface area contributed by atoms with E-state index < -0.39 is 10.6 Å². The van der Waals surface area contributed by atoms with Crippen LogP contribution in [0, 0.1) is 16.0 Å². The van der Waals surface area contributed by atoms with Crippen molar-refractivity contribution in [2.75, 3.05) is 38.1 Å². The summed E-state index contributed by atoms with van der Waals surface area (Å²) in [5.41, 5.74) is 0.278. The van der Waals surface area contributed by atoms with E-state index in [1.54, 1.807) is 33.0 Å². The Morgan fingerprint density at radius 2 is 1.79 bits per heavy atom. The van der Waals surface area contributed by atoms with Crippen LogP contribution in [0.5, 0.6) is 0 Å². The highest BCUT2D eigenvalue weighted by atomic mass is 16.6. The number of nitro benzene ring substituents is 1. The van der Waals surface area contributed by atoms with E-state index in [9.17, 15) is 24.5 Å². The number of benzene rings is 1. The van der Waals surface area contributed by atoms with Crippen molar-refractivity contribution in [1.82, 2.24) is 14.0 Å². The van der Waals surface area contributed by atoms with Crippen LogP contribution in [0.1, 0.15) is 25.8 Å². The minimum absolute atomic E-state index is 0.0635. The summed E-state index contributed by atoms with van der Waals surface area (Å²) < 4.78 is 7.73. The fourth-order valence-electron chi connectivity index (χ4n) is 3.31. The summed E-state index contributed by atoms with van der Waals surface area (Å²) in [5, 5.41) is 13.9. The summed E-state index contributed by atoms with van der Waals surface area (Å²) in [6, 6.07) is 7.88. The van der Waals surface area contributed by atoms with Gasteiger partial charge in [-0.3, -0.25) is 33.7 Å². The third-order valence-corrected chi connectivity index (χ3v) is 5.47. The molecule has 2 rings (SSSR count). The standard InChI is InChI=1S/C23H33N5O6/c1-17(2)22(30)34-15-14-27(12-5-6-18-7-9-19(10-8-18)28(32)33)13-11-24-20-16-21(29)26(4)23(31)25(20)3/h7-10,16-17,24H,5-6,11-15H2,1-4H3. The maximum Gasteiger partial charge on any atom is 0.332 e. The Morgan fingerprint density at radius 3 is 2.41 bits per heavy atom. The van der Waals surface area contributed by atoms with E-state index >= 15 is 0 Å². The number of anilines is 1. The van der Waals surface area contributed by atoms with Gasteiger partial charge in [0.05, 0.1) is 10.8 Å². The van der Waals surface area contributed by atoms with Crippen LogP contribution in [0.3, 0.4) is 0 Å². The van der Waals surface area contributed by atoms with Gasteiger partial charge in [-0.2, -0.15) is 0 Å². The maximum absolute atomic E-state index is 12.1. The zero-order chi connectivity index (χ0) is 25.3. The summed E-state index contributed by atoms with van der Waals surface area (Å²) in [6.07, 6.45) is 1.55. The fraction of sp³-hybridized carbons (Fsp3) is 0.522. The van der Waals surface area contributed by atoms with Crippen molar-refractivity contribution in [2.24, 2.45) is 20.0 Å². The molecule has 2 aromatic rings. The lowest BCUT2D eigenvalue weighted by molar-refractivity contribution is -0.384. The molecule has 0 saturated carbocycles. The number of nitro groups is 1. The molecule has 1 aromatic carbocycles. The number of carbonyl (C=O) groups is 1. The Kier molecular flexibility index (Phi) is 9.99. The third-order valence-electron chi connectivity index (χ3n) is 5.47. The van der Waals surface area contributed by atoms with Crippen LogP contribution in [0.4, 0.5) is 11.5 Å². The third kappa shape index (κ3) is 7.84. The first-order chi connectivity index (χ1) is 16.1. The highest BCUT2D eigenvalue weighted by Gasteiger charge is 2.12. The topological polar surface area (TPSA) is 129 Å². The smallest absolute Gasteiger partial charge is 0.332 e. The van der Waals surface area contributed by atoms with Crippen molar-refractivity contribution in [3.63, 3.8) is 0 Å². The molecule has 1 aromatic heterocycles. The van der Waals surface area contributed by atoms with Crippen molar-refractivity contribution in [2.45, 2.75) is 26.7 Å². The molecule has 34 heavy (non-hydrogen) atoms. The molecule has 0 amide bonds. The lowest BCUT2D eigenvalue weighted by Gasteiger charge is -2.23. The zero-order valence-electron chi connectivity index (χ0n) is 20.2. The van der Waals surface area contributed by atoms with Gasteiger partial charge in [0.1, 0.15) is 12.4 Å². The molecule has 0 aliphatic rings. The molecule has 0 aliphatic heterocycles. The van der Waals surface area contributed by atoms with Gasteiger partial charge < -0.3 is 10.1 Å². The molecule has 1 heterocycles. The quantitative estimate of drug-likeness (QED) is 0.262. The number of ether oxygens (including phenoxy) is 1. The second-order valence-electron chi connectivity index (χ2n) is 8.39.